The van der Waals surface area contributed by atoms with Gasteiger partial charge in [-0.2, -0.15) is 5.10 Å². The Morgan fingerprint density at radius 3 is 2.67 bits per heavy atom. The lowest BCUT2D eigenvalue weighted by atomic mass is 10.1. The first kappa shape index (κ1) is 19.9. The fourth-order valence-electron chi connectivity index (χ4n) is 3.37. The van der Waals surface area contributed by atoms with E-state index in [-0.39, 0.29) is 5.91 Å². The lowest BCUT2D eigenvalue weighted by molar-refractivity contribution is 0.102. The monoisotopic (exact) mass is 420 g/mol. The van der Waals surface area contributed by atoms with Crippen LogP contribution in [0.1, 0.15) is 27.2 Å². The second-order valence-electron chi connectivity index (χ2n) is 7.08. The molecule has 2 aromatic carbocycles. The SMILES string of the molecule is COc1cccc(-n2nc(C)c3c(Cl)c(C(=O)Nc4cccc(C)c4C)cnc32)c1. The van der Waals surface area contributed by atoms with Gasteiger partial charge in [0.25, 0.3) is 5.91 Å². The van der Waals surface area contributed by atoms with Crippen molar-refractivity contribution >= 4 is 34.2 Å². The molecule has 1 amide bonds. The van der Waals surface area contributed by atoms with Gasteiger partial charge >= 0.3 is 0 Å². The minimum absolute atomic E-state index is 0.304. The van der Waals surface area contributed by atoms with E-state index in [9.17, 15) is 4.79 Å². The number of nitrogens with one attached hydrogen (secondary N) is 1. The predicted molar refractivity (Wildman–Crippen MR) is 119 cm³/mol. The number of hydrogen-bond acceptors (Lipinski definition) is 4. The number of rotatable bonds is 4. The van der Waals surface area contributed by atoms with Gasteiger partial charge in [-0.05, 0) is 50.1 Å². The van der Waals surface area contributed by atoms with Gasteiger partial charge in [0, 0.05) is 18.0 Å². The number of nitrogens with zero attached hydrogens (tertiary/aromatic N) is 3. The first-order chi connectivity index (χ1) is 14.4. The molecule has 0 radical (unpaired) electrons. The van der Waals surface area contributed by atoms with Crippen LogP contribution in [0.25, 0.3) is 16.7 Å². The van der Waals surface area contributed by atoms with Gasteiger partial charge in [0.15, 0.2) is 5.65 Å². The van der Waals surface area contributed by atoms with Gasteiger partial charge in [-0.1, -0.05) is 29.8 Å². The Hall–Kier alpha value is -3.38. The van der Waals surface area contributed by atoms with Crippen LogP contribution < -0.4 is 10.1 Å². The summed E-state index contributed by atoms with van der Waals surface area (Å²) in [6, 6.07) is 13.3. The fraction of sp³-hybridized carbons (Fsp3) is 0.174. The van der Waals surface area contributed by atoms with Gasteiger partial charge in [0.1, 0.15) is 5.75 Å². The van der Waals surface area contributed by atoms with E-state index in [0.29, 0.717) is 33.1 Å². The van der Waals surface area contributed by atoms with Crippen molar-refractivity contribution in [3.05, 3.63) is 76.1 Å². The molecule has 0 atom stereocenters. The molecule has 0 aliphatic rings. The van der Waals surface area contributed by atoms with Crippen LogP contribution in [0.5, 0.6) is 5.75 Å². The van der Waals surface area contributed by atoms with Crippen molar-refractivity contribution in [1.29, 1.82) is 0 Å². The van der Waals surface area contributed by atoms with E-state index < -0.39 is 0 Å². The molecule has 7 heteroatoms. The van der Waals surface area contributed by atoms with E-state index in [2.05, 4.69) is 15.4 Å². The van der Waals surface area contributed by atoms with E-state index in [0.717, 1.165) is 22.5 Å². The Labute approximate surface area is 179 Å². The Balaban J connectivity index is 1.77. The van der Waals surface area contributed by atoms with Crippen LogP contribution in [0.3, 0.4) is 0 Å². The Morgan fingerprint density at radius 2 is 1.90 bits per heavy atom. The number of amides is 1. The molecule has 6 nitrogen and oxygen atoms in total. The van der Waals surface area contributed by atoms with Crippen molar-refractivity contribution in [2.45, 2.75) is 20.8 Å². The number of aryl methyl sites for hydroxylation is 2. The number of methoxy groups -OCH3 is 1. The van der Waals surface area contributed by atoms with E-state index in [1.54, 1.807) is 11.8 Å². The molecule has 2 heterocycles. The number of halogens is 1. The van der Waals surface area contributed by atoms with Crippen molar-refractivity contribution in [2.75, 3.05) is 12.4 Å². The molecule has 0 aliphatic heterocycles. The largest absolute Gasteiger partial charge is 0.497 e. The third-order valence-corrected chi connectivity index (χ3v) is 5.60. The summed E-state index contributed by atoms with van der Waals surface area (Å²) >= 11 is 6.66. The average molecular weight is 421 g/mol. The Bertz CT molecular complexity index is 1280. The molecule has 0 bridgehead atoms. The van der Waals surface area contributed by atoms with E-state index in [1.807, 2.05) is 63.2 Å². The number of benzene rings is 2. The average Bonchev–Trinajstić information content (AvgIpc) is 3.09. The number of anilines is 1. The maximum Gasteiger partial charge on any atom is 0.258 e. The van der Waals surface area contributed by atoms with Gasteiger partial charge in [0.2, 0.25) is 0 Å². The molecule has 2 aromatic heterocycles. The van der Waals surface area contributed by atoms with Crippen LogP contribution in [0.2, 0.25) is 5.02 Å². The van der Waals surface area contributed by atoms with Gasteiger partial charge < -0.3 is 10.1 Å². The predicted octanol–water partition coefficient (Wildman–Crippen LogP) is 5.26. The molecule has 152 valence electrons. The molecule has 4 aromatic rings. The molecule has 4 rings (SSSR count). The van der Waals surface area contributed by atoms with Crippen molar-refractivity contribution in [3.63, 3.8) is 0 Å². The summed E-state index contributed by atoms with van der Waals surface area (Å²) in [5.74, 6) is 0.404. The van der Waals surface area contributed by atoms with Crippen LogP contribution in [0, 0.1) is 20.8 Å². The summed E-state index contributed by atoms with van der Waals surface area (Å²) in [4.78, 5) is 17.4. The molecular formula is C23H21ClN4O2. The molecule has 0 fully saturated rings. The van der Waals surface area contributed by atoms with Gasteiger partial charge in [-0.25, -0.2) is 9.67 Å². The second kappa shape index (κ2) is 7.80. The lowest BCUT2D eigenvalue weighted by Gasteiger charge is -2.11. The zero-order valence-electron chi connectivity index (χ0n) is 17.2. The number of aromatic nitrogens is 3. The summed E-state index contributed by atoms with van der Waals surface area (Å²) < 4.78 is 7.00. The highest BCUT2D eigenvalue weighted by atomic mass is 35.5. The summed E-state index contributed by atoms with van der Waals surface area (Å²) in [7, 11) is 1.61. The third-order valence-electron chi connectivity index (χ3n) is 5.20. The van der Waals surface area contributed by atoms with Gasteiger partial charge in [-0.3, -0.25) is 4.79 Å². The second-order valence-corrected chi connectivity index (χ2v) is 7.46. The normalized spacial score (nSPS) is 11.0. The van der Waals surface area contributed by atoms with Crippen molar-refractivity contribution in [2.24, 2.45) is 0 Å². The topological polar surface area (TPSA) is 69.0 Å². The first-order valence-electron chi connectivity index (χ1n) is 9.46. The maximum absolute atomic E-state index is 12.9. The highest BCUT2D eigenvalue weighted by molar-refractivity contribution is 6.39. The van der Waals surface area contributed by atoms with Crippen molar-refractivity contribution in [3.8, 4) is 11.4 Å². The van der Waals surface area contributed by atoms with E-state index >= 15 is 0 Å². The van der Waals surface area contributed by atoms with Crippen LogP contribution >= 0.6 is 11.6 Å². The van der Waals surface area contributed by atoms with Gasteiger partial charge in [0.05, 0.1) is 34.5 Å². The minimum atomic E-state index is -0.309. The zero-order chi connectivity index (χ0) is 21.4. The number of carbonyl (C=O) groups is 1. The van der Waals surface area contributed by atoms with E-state index in [4.69, 9.17) is 16.3 Å². The number of carbonyl (C=O) groups excluding carboxylic acids is 1. The Kier molecular flexibility index (Phi) is 5.18. The van der Waals surface area contributed by atoms with Crippen LogP contribution in [-0.4, -0.2) is 27.8 Å². The quantitative estimate of drug-likeness (QED) is 0.489. The molecular weight excluding hydrogens is 400 g/mol. The summed E-state index contributed by atoms with van der Waals surface area (Å²) in [5.41, 5.74) is 5.23. The zero-order valence-corrected chi connectivity index (χ0v) is 17.9. The molecule has 0 saturated carbocycles. The number of fused-ring (bicyclic) bond motifs is 1. The van der Waals surface area contributed by atoms with Gasteiger partial charge in [-0.15, -0.1) is 0 Å². The molecule has 0 unspecified atom stereocenters. The fourth-order valence-corrected chi connectivity index (χ4v) is 3.72. The number of hydrogen-bond donors (Lipinski definition) is 1. The molecule has 30 heavy (non-hydrogen) atoms. The molecule has 0 saturated heterocycles. The standard InChI is InChI=1S/C23H21ClN4O2/c1-13-7-5-10-19(14(13)2)26-23(29)18-12-25-22-20(21(18)24)15(3)27-28(22)16-8-6-9-17(11-16)30-4/h5-12H,1-4H3,(H,26,29). The number of pyridine rings is 1. The lowest BCUT2D eigenvalue weighted by Crippen LogP contribution is -2.14. The first-order valence-corrected chi connectivity index (χ1v) is 9.84. The molecule has 0 spiro atoms. The summed E-state index contributed by atoms with van der Waals surface area (Å²) in [5, 5.41) is 8.50. The highest BCUT2D eigenvalue weighted by Crippen LogP contribution is 2.31. The smallest absolute Gasteiger partial charge is 0.258 e. The maximum atomic E-state index is 12.9. The molecule has 0 aliphatic carbocycles. The van der Waals surface area contributed by atoms with Crippen molar-refractivity contribution < 1.29 is 9.53 Å². The Morgan fingerprint density at radius 1 is 1.13 bits per heavy atom. The summed E-state index contributed by atoms with van der Waals surface area (Å²) in [6.45, 7) is 5.82. The van der Waals surface area contributed by atoms with Crippen LogP contribution in [0.4, 0.5) is 5.69 Å². The summed E-state index contributed by atoms with van der Waals surface area (Å²) in [6.07, 6.45) is 1.49. The minimum Gasteiger partial charge on any atom is -0.497 e. The van der Waals surface area contributed by atoms with Crippen LogP contribution in [0.15, 0.2) is 48.7 Å². The number of ether oxygens (including phenoxy) is 1. The molecule has 1 N–H and O–H groups in total. The van der Waals surface area contributed by atoms with E-state index in [1.165, 1.54) is 6.20 Å². The van der Waals surface area contributed by atoms with Crippen molar-refractivity contribution in [1.82, 2.24) is 14.8 Å². The van der Waals surface area contributed by atoms with Crippen LogP contribution in [-0.2, 0) is 0 Å². The third kappa shape index (κ3) is 3.39. The highest BCUT2D eigenvalue weighted by Gasteiger charge is 2.20.